The molecule has 2 aromatic rings. The lowest BCUT2D eigenvalue weighted by Gasteiger charge is -2.08. The molecular formula is C13H17N3O3S. The third-order valence-electron chi connectivity index (χ3n) is 2.85. The van der Waals surface area contributed by atoms with E-state index in [0.717, 1.165) is 5.56 Å². The van der Waals surface area contributed by atoms with Crippen LogP contribution in [0.25, 0.3) is 0 Å². The summed E-state index contributed by atoms with van der Waals surface area (Å²) in [5.41, 5.74) is 1.27. The first-order valence-corrected chi connectivity index (χ1v) is 7.59. The summed E-state index contributed by atoms with van der Waals surface area (Å²) < 4.78 is 32.7. The molecule has 0 spiro atoms. The van der Waals surface area contributed by atoms with Gasteiger partial charge in [-0.25, -0.2) is 8.42 Å². The molecule has 7 heteroatoms. The van der Waals surface area contributed by atoms with Crippen molar-refractivity contribution in [2.24, 2.45) is 0 Å². The highest BCUT2D eigenvalue weighted by Gasteiger charge is 2.22. The van der Waals surface area contributed by atoms with E-state index in [1.54, 1.807) is 26.2 Å². The van der Waals surface area contributed by atoms with Crippen molar-refractivity contribution in [1.82, 2.24) is 10.3 Å². The van der Waals surface area contributed by atoms with Gasteiger partial charge in [0.15, 0.2) is 0 Å². The van der Waals surface area contributed by atoms with Crippen molar-refractivity contribution in [3.63, 3.8) is 0 Å². The van der Waals surface area contributed by atoms with E-state index in [0.29, 0.717) is 23.8 Å². The van der Waals surface area contributed by atoms with Crippen molar-refractivity contribution in [2.75, 3.05) is 11.8 Å². The van der Waals surface area contributed by atoms with E-state index < -0.39 is 10.0 Å². The van der Waals surface area contributed by atoms with Crippen LogP contribution in [-0.4, -0.2) is 20.4 Å². The highest BCUT2D eigenvalue weighted by atomic mass is 32.2. The van der Waals surface area contributed by atoms with Crippen molar-refractivity contribution in [3.05, 3.63) is 41.6 Å². The zero-order valence-electron chi connectivity index (χ0n) is 11.6. The molecule has 0 aliphatic rings. The van der Waals surface area contributed by atoms with Gasteiger partial charge in [-0.1, -0.05) is 0 Å². The molecule has 6 nitrogen and oxygen atoms in total. The normalized spacial score (nSPS) is 11.6. The average Bonchev–Trinajstić information content (AvgIpc) is 2.74. The minimum absolute atomic E-state index is 0.144. The van der Waals surface area contributed by atoms with E-state index in [2.05, 4.69) is 15.0 Å². The average molecular weight is 295 g/mol. The maximum absolute atomic E-state index is 12.4. The number of aryl methyl sites for hydroxylation is 2. The van der Waals surface area contributed by atoms with E-state index in [9.17, 15) is 8.42 Å². The van der Waals surface area contributed by atoms with Gasteiger partial charge in [0.1, 0.15) is 16.4 Å². The Kier molecular flexibility index (Phi) is 4.10. The Hall–Kier alpha value is -1.86. The number of furan rings is 1. The Morgan fingerprint density at radius 1 is 1.35 bits per heavy atom. The summed E-state index contributed by atoms with van der Waals surface area (Å²) in [7, 11) is -1.91. The third-order valence-corrected chi connectivity index (χ3v) is 4.32. The molecule has 0 aromatic carbocycles. The molecule has 2 N–H and O–H groups in total. The minimum Gasteiger partial charge on any atom is -0.464 e. The third kappa shape index (κ3) is 3.00. The predicted molar refractivity (Wildman–Crippen MR) is 76.0 cm³/mol. The van der Waals surface area contributed by atoms with Crippen LogP contribution in [0.4, 0.5) is 5.69 Å². The molecular weight excluding hydrogens is 278 g/mol. The van der Waals surface area contributed by atoms with Gasteiger partial charge in [-0.3, -0.25) is 9.71 Å². The van der Waals surface area contributed by atoms with Gasteiger partial charge < -0.3 is 9.73 Å². The topological polar surface area (TPSA) is 84.2 Å². The summed E-state index contributed by atoms with van der Waals surface area (Å²) >= 11 is 0. The smallest absolute Gasteiger partial charge is 0.265 e. The van der Waals surface area contributed by atoms with Gasteiger partial charge in [0.2, 0.25) is 0 Å². The van der Waals surface area contributed by atoms with Crippen molar-refractivity contribution >= 4 is 15.7 Å². The minimum atomic E-state index is -3.68. The number of hydrogen-bond donors (Lipinski definition) is 2. The monoisotopic (exact) mass is 295 g/mol. The fourth-order valence-electron chi connectivity index (χ4n) is 1.82. The van der Waals surface area contributed by atoms with Crippen LogP contribution < -0.4 is 10.0 Å². The van der Waals surface area contributed by atoms with Gasteiger partial charge in [-0.05, 0) is 32.5 Å². The zero-order chi connectivity index (χ0) is 14.8. The predicted octanol–water partition coefficient (Wildman–Crippen LogP) is 1.81. The number of rotatable bonds is 5. The van der Waals surface area contributed by atoms with Gasteiger partial charge in [0.25, 0.3) is 10.0 Å². The summed E-state index contributed by atoms with van der Waals surface area (Å²) in [6.45, 7) is 3.92. The first kappa shape index (κ1) is 14.5. The number of sulfonamides is 1. The van der Waals surface area contributed by atoms with E-state index >= 15 is 0 Å². The highest BCUT2D eigenvalue weighted by Crippen LogP contribution is 2.23. The van der Waals surface area contributed by atoms with E-state index in [1.807, 2.05) is 6.92 Å². The highest BCUT2D eigenvalue weighted by molar-refractivity contribution is 7.92. The molecule has 0 bridgehead atoms. The summed E-state index contributed by atoms with van der Waals surface area (Å²) in [4.78, 5) is 4.06. The Bertz CT molecular complexity index is 707. The van der Waals surface area contributed by atoms with Crippen molar-refractivity contribution in [2.45, 2.75) is 25.3 Å². The quantitative estimate of drug-likeness (QED) is 0.879. The van der Waals surface area contributed by atoms with E-state index in [-0.39, 0.29) is 4.90 Å². The molecule has 0 aliphatic carbocycles. The Morgan fingerprint density at radius 2 is 2.10 bits per heavy atom. The van der Waals surface area contributed by atoms with Crippen molar-refractivity contribution in [1.29, 1.82) is 0 Å². The van der Waals surface area contributed by atoms with Crippen molar-refractivity contribution < 1.29 is 12.8 Å². The van der Waals surface area contributed by atoms with Crippen LogP contribution in [0.15, 0.2) is 33.8 Å². The Balaban J connectivity index is 2.33. The Morgan fingerprint density at radius 3 is 2.75 bits per heavy atom. The molecule has 0 saturated carbocycles. The van der Waals surface area contributed by atoms with Crippen LogP contribution in [0.1, 0.15) is 17.1 Å². The molecule has 2 heterocycles. The lowest BCUT2D eigenvalue weighted by molar-refractivity contribution is 0.466. The molecule has 0 saturated heterocycles. The fourth-order valence-corrected chi connectivity index (χ4v) is 3.14. The summed E-state index contributed by atoms with van der Waals surface area (Å²) in [6, 6.07) is 3.27. The Labute approximate surface area is 118 Å². The standard InChI is InChI=1S/C13H17N3O3S/c1-9-4-5-15-8-12(9)16-20(17,18)13-6-11(7-14-3)19-10(13)2/h4-6,8,14,16H,7H2,1-3H3. The number of pyridine rings is 1. The molecule has 0 fully saturated rings. The van der Waals surface area contributed by atoms with Gasteiger partial charge in [-0.15, -0.1) is 0 Å². The SMILES string of the molecule is CNCc1cc(S(=O)(=O)Nc2cnccc2C)c(C)o1. The summed E-state index contributed by atoms with van der Waals surface area (Å²) in [5, 5.41) is 2.92. The molecule has 20 heavy (non-hydrogen) atoms. The van der Waals surface area contributed by atoms with Gasteiger partial charge >= 0.3 is 0 Å². The second kappa shape index (κ2) is 5.64. The van der Waals surface area contributed by atoms with Crippen LogP contribution >= 0.6 is 0 Å². The largest absolute Gasteiger partial charge is 0.464 e. The number of nitrogens with zero attached hydrogens (tertiary/aromatic N) is 1. The second-order valence-corrected chi connectivity index (χ2v) is 6.11. The lowest BCUT2D eigenvalue weighted by atomic mass is 10.3. The number of nitrogens with one attached hydrogen (secondary N) is 2. The molecule has 0 atom stereocenters. The first-order valence-electron chi connectivity index (χ1n) is 6.11. The number of aromatic nitrogens is 1. The molecule has 0 radical (unpaired) electrons. The lowest BCUT2D eigenvalue weighted by Crippen LogP contribution is -2.14. The van der Waals surface area contributed by atoms with Gasteiger partial charge in [0, 0.05) is 12.3 Å². The van der Waals surface area contributed by atoms with Crippen molar-refractivity contribution in [3.8, 4) is 0 Å². The fraction of sp³-hybridized carbons (Fsp3) is 0.308. The summed E-state index contributed by atoms with van der Waals surface area (Å²) in [5.74, 6) is 0.942. The van der Waals surface area contributed by atoms with Crippen LogP contribution in [0.3, 0.4) is 0 Å². The van der Waals surface area contributed by atoms with Gasteiger partial charge in [-0.2, -0.15) is 0 Å². The first-order chi connectivity index (χ1) is 9.44. The van der Waals surface area contributed by atoms with Crippen LogP contribution in [-0.2, 0) is 16.6 Å². The molecule has 0 aliphatic heterocycles. The molecule has 2 rings (SSSR count). The molecule has 2 aromatic heterocycles. The number of hydrogen-bond acceptors (Lipinski definition) is 5. The molecule has 108 valence electrons. The maximum atomic E-state index is 12.4. The van der Waals surface area contributed by atoms with Crippen LogP contribution in [0.2, 0.25) is 0 Å². The van der Waals surface area contributed by atoms with E-state index in [1.165, 1.54) is 12.3 Å². The zero-order valence-corrected chi connectivity index (χ0v) is 12.4. The van der Waals surface area contributed by atoms with Crippen LogP contribution in [0, 0.1) is 13.8 Å². The van der Waals surface area contributed by atoms with Gasteiger partial charge in [0.05, 0.1) is 18.4 Å². The molecule has 0 unspecified atom stereocenters. The second-order valence-electron chi connectivity index (χ2n) is 4.46. The van der Waals surface area contributed by atoms with Crippen LogP contribution in [0.5, 0.6) is 0 Å². The van der Waals surface area contributed by atoms with E-state index in [4.69, 9.17) is 4.42 Å². The molecule has 0 amide bonds. The number of anilines is 1. The maximum Gasteiger partial charge on any atom is 0.265 e. The summed E-state index contributed by atoms with van der Waals surface area (Å²) in [6.07, 6.45) is 3.10.